The zero-order chi connectivity index (χ0) is 20.4. The number of amides is 2. The normalized spacial score (nSPS) is 22.4. The van der Waals surface area contributed by atoms with Crippen LogP contribution in [-0.2, 0) is 9.53 Å². The highest BCUT2D eigenvalue weighted by Gasteiger charge is 2.35. The number of ether oxygens (including phenoxy) is 3. The van der Waals surface area contributed by atoms with Crippen molar-refractivity contribution in [2.45, 2.75) is 44.2 Å². The third-order valence-corrected chi connectivity index (χ3v) is 6.16. The first-order valence-corrected chi connectivity index (χ1v) is 10.5. The quantitative estimate of drug-likeness (QED) is 0.731. The van der Waals surface area contributed by atoms with Gasteiger partial charge in [0.25, 0.3) is 5.91 Å². The van der Waals surface area contributed by atoms with Crippen molar-refractivity contribution >= 4 is 11.8 Å². The van der Waals surface area contributed by atoms with Crippen LogP contribution in [0.2, 0.25) is 0 Å². The van der Waals surface area contributed by atoms with Gasteiger partial charge in [-0.2, -0.15) is 0 Å². The number of nitrogens with zero attached hydrogens (tertiary/aromatic N) is 2. The maximum atomic E-state index is 13.2. The zero-order valence-corrected chi connectivity index (χ0v) is 17.3. The number of methoxy groups -OCH3 is 1. The summed E-state index contributed by atoms with van der Waals surface area (Å²) in [5, 5.41) is 0. The highest BCUT2D eigenvalue weighted by atomic mass is 16.5. The zero-order valence-electron chi connectivity index (χ0n) is 17.3. The van der Waals surface area contributed by atoms with E-state index < -0.39 is 0 Å². The smallest absolute Gasteiger partial charge is 0.257 e. The van der Waals surface area contributed by atoms with Crippen molar-refractivity contribution in [1.29, 1.82) is 0 Å². The lowest BCUT2D eigenvalue weighted by molar-refractivity contribution is -0.134. The number of hydrogen-bond donors (Lipinski definition) is 0. The van der Waals surface area contributed by atoms with Gasteiger partial charge >= 0.3 is 0 Å². The first-order valence-electron chi connectivity index (χ1n) is 10.5. The Morgan fingerprint density at radius 2 is 1.90 bits per heavy atom. The van der Waals surface area contributed by atoms with Crippen LogP contribution >= 0.6 is 0 Å². The molecule has 0 bridgehead atoms. The van der Waals surface area contributed by atoms with E-state index in [0.717, 1.165) is 45.2 Å². The van der Waals surface area contributed by atoms with Crippen LogP contribution in [0.1, 0.15) is 42.5 Å². The van der Waals surface area contributed by atoms with E-state index in [1.54, 1.807) is 18.1 Å². The molecule has 4 rings (SSSR count). The van der Waals surface area contributed by atoms with E-state index in [1.807, 2.05) is 24.1 Å². The lowest BCUT2D eigenvalue weighted by atomic mass is 10.1. The molecule has 1 aliphatic carbocycles. The Morgan fingerprint density at radius 3 is 2.52 bits per heavy atom. The fraction of sp³-hybridized carbons (Fsp3) is 0.636. The van der Waals surface area contributed by atoms with Gasteiger partial charge in [0, 0.05) is 45.5 Å². The molecule has 1 aromatic carbocycles. The Balaban J connectivity index is 1.44. The van der Waals surface area contributed by atoms with Crippen LogP contribution in [0.25, 0.3) is 0 Å². The molecule has 0 radical (unpaired) electrons. The lowest BCUT2D eigenvalue weighted by Crippen LogP contribution is -2.42. The third-order valence-electron chi connectivity index (χ3n) is 6.16. The van der Waals surface area contributed by atoms with Gasteiger partial charge in [0.2, 0.25) is 5.91 Å². The van der Waals surface area contributed by atoms with E-state index in [0.29, 0.717) is 36.2 Å². The standard InChI is InChI=1S/C22H30N2O5/c1-23(16-9-12-28-14-16)22(26)19-13-18(27-2)5-6-20(19)29-17-7-10-24(11-8-17)21(25)15-3-4-15/h5-6,13,15-17H,3-4,7-12,14H2,1-2H3/t16-/m0/s1. The predicted molar refractivity (Wildman–Crippen MR) is 107 cm³/mol. The molecule has 2 heterocycles. The van der Waals surface area contributed by atoms with Crippen LogP contribution in [-0.4, -0.2) is 74.2 Å². The fourth-order valence-corrected chi connectivity index (χ4v) is 4.05. The van der Waals surface area contributed by atoms with Crippen molar-refractivity contribution in [3.05, 3.63) is 23.8 Å². The molecule has 0 aromatic heterocycles. The Kier molecular flexibility index (Phi) is 5.94. The van der Waals surface area contributed by atoms with Crippen molar-refractivity contribution in [2.24, 2.45) is 5.92 Å². The van der Waals surface area contributed by atoms with Crippen LogP contribution in [0.4, 0.5) is 0 Å². The van der Waals surface area contributed by atoms with Gasteiger partial charge in [-0.05, 0) is 37.5 Å². The van der Waals surface area contributed by atoms with Crippen LogP contribution in [0.15, 0.2) is 18.2 Å². The summed E-state index contributed by atoms with van der Waals surface area (Å²) < 4.78 is 17.0. The Bertz CT molecular complexity index is 750. The highest BCUT2D eigenvalue weighted by molar-refractivity contribution is 5.97. The second kappa shape index (κ2) is 8.61. The van der Waals surface area contributed by atoms with Crippen molar-refractivity contribution in [3.8, 4) is 11.5 Å². The summed E-state index contributed by atoms with van der Waals surface area (Å²) in [5.41, 5.74) is 0.509. The Labute approximate surface area is 171 Å². The first kappa shape index (κ1) is 20.0. The van der Waals surface area contributed by atoms with Gasteiger partial charge in [-0.3, -0.25) is 9.59 Å². The van der Waals surface area contributed by atoms with Gasteiger partial charge in [0.1, 0.15) is 17.6 Å². The first-order chi connectivity index (χ1) is 14.1. The molecule has 2 saturated heterocycles. The monoisotopic (exact) mass is 402 g/mol. The van der Waals surface area contributed by atoms with E-state index >= 15 is 0 Å². The molecule has 29 heavy (non-hydrogen) atoms. The second-order valence-corrected chi connectivity index (χ2v) is 8.21. The summed E-state index contributed by atoms with van der Waals surface area (Å²) in [4.78, 5) is 29.1. The van der Waals surface area contributed by atoms with Crippen molar-refractivity contribution < 1.29 is 23.8 Å². The maximum absolute atomic E-state index is 13.2. The van der Waals surface area contributed by atoms with E-state index in [4.69, 9.17) is 14.2 Å². The molecule has 1 saturated carbocycles. The highest BCUT2D eigenvalue weighted by Crippen LogP contribution is 2.33. The topological polar surface area (TPSA) is 68.3 Å². The molecule has 3 aliphatic rings. The lowest BCUT2D eigenvalue weighted by Gasteiger charge is -2.33. The number of carbonyl (C=O) groups excluding carboxylic acids is 2. The van der Waals surface area contributed by atoms with Crippen LogP contribution in [0, 0.1) is 5.92 Å². The molecule has 7 heteroatoms. The Morgan fingerprint density at radius 1 is 1.14 bits per heavy atom. The minimum Gasteiger partial charge on any atom is -0.497 e. The second-order valence-electron chi connectivity index (χ2n) is 8.21. The van der Waals surface area contributed by atoms with Crippen molar-refractivity contribution in [2.75, 3.05) is 40.5 Å². The average Bonchev–Trinajstić information content (AvgIpc) is 3.46. The molecule has 3 fully saturated rings. The van der Waals surface area contributed by atoms with Gasteiger partial charge in [0.15, 0.2) is 0 Å². The minimum absolute atomic E-state index is 0.00156. The van der Waals surface area contributed by atoms with Crippen LogP contribution in [0.3, 0.4) is 0 Å². The van der Waals surface area contributed by atoms with Crippen LogP contribution < -0.4 is 9.47 Å². The number of likely N-dealkylation sites (N-methyl/N-ethyl adjacent to an activating group) is 1. The summed E-state index contributed by atoms with van der Waals surface area (Å²) in [6.07, 6.45) is 4.47. The number of carbonyl (C=O) groups is 2. The number of piperidine rings is 1. The average molecular weight is 402 g/mol. The van der Waals surface area contributed by atoms with Gasteiger partial charge in [-0.25, -0.2) is 0 Å². The SMILES string of the molecule is COc1ccc(OC2CCN(C(=O)C3CC3)CC2)c(C(=O)N(C)[C@H]2CCOC2)c1. The fourth-order valence-electron chi connectivity index (χ4n) is 4.05. The van der Waals surface area contributed by atoms with Crippen molar-refractivity contribution in [1.82, 2.24) is 9.80 Å². The largest absolute Gasteiger partial charge is 0.497 e. The molecular weight excluding hydrogens is 372 g/mol. The van der Waals surface area contributed by atoms with Crippen molar-refractivity contribution in [3.63, 3.8) is 0 Å². The number of hydrogen-bond acceptors (Lipinski definition) is 5. The number of likely N-dealkylation sites (tertiary alicyclic amines) is 1. The molecule has 0 unspecified atom stereocenters. The van der Waals surface area contributed by atoms with E-state index in [1.165, 1.54) is 0 Å². The molecule has 1 atom stereocenters. The van der Waals surface area contributed by atoms with E-state index in [2.05, 4.69) is 0 Å². The molecule has 158 valence electrons. The Hall–Kier alpha value is -2.28. The van der Waals surface area contributed by atoms with E-state index in [-0.39, 0.29) is 24.0 Å². The summed E-state index contributed by atoms with van der Waals surface area (Å²) in [7, 11) is 3.40. The maximum Gasteiger partial charge on any atom is 0.257 e. The molecule has 0 spiro atoms. The predicted octanol–water partition coefficient (Wildman–Crippen LogP) is 2.34. The van der Waals surface area contributed by atoms with Gasteiger partial charge in [-0.15, -0.1) is 0 Å². The molecule has 2 amide bonds. The summed E-state index contributed by atoms with van der Waals surface area (Å²) in [6, 6.07) is 5.46. The molecular formula is C22H30N2O5. The number of rotatable bonds is 6. The molecule has 0 N–H and O–H groups in total. The van der Waals surface area contributed by atoms with Gasteiger partial charge < -0.3 is 24.0 Å². The summed E-state index contributed by atoms with van der Waals surface area (Å²) >= 11 is 0. The summed E-state index contributed by atoms with van der Waals surface area (Å²) in [6.45, 7) is 2.69. The van der Waals surface area contributed by atoms with E-state index in [9.17, 15) is 9.59 Å². The van der Waals surface area contributed by atoms with Crippen LogP contribution in [0.5, 0.6) is 11.5 Å². The van der Waals surface area contributed by atoms with Gasteiger partial charge in [-0.1, -0.05) is 0 Å². The van der Waals surface area contributed by atoms with Gasteiger partial charge in [0.05, 0.1) is 25.3 Å². The third kappa shape index (κ3) is 4.50. The number of benzene rings is 1. The molecule has 2 aliphatic heterocycles. The summed E-state index contributed by atoms with van der Waals surface area (Å²) in [5.74, 6) is 1.67. The minimum atomic E-state index is -0.0873. The molecule has 1 aromatic rings. The molecule has 7 nitrogen and oxygen atoms in total.